The maximum Gasteiger partial charge on any atom is 0.437 e. The minimum absolute atomic E-state index is 0.234. The van der Waals surface area contributed by atoms with Crippen LogP contribution in [0.5, 0.6) is 0 Å². The van der Waals surface area contributed by atoms with E-state index in [4.69, 9.17) is 4.42 Å². The van der Waals surface area contributed by atoms with Crippen LogP contribution in [0.2, 0.25) is 0 Å². The molecule has 12 heteroatoms. The van der Waals surface area contributed by atoms with Crippen LogP contribution < -0.4 is 16.4 Å². The molecule has 0 radical (unpaired) electrons. The van der Waals surface area contributed by atoms with Crippen molar-refractivity contribution >= 4 is 23.7 Å². The Morgan fingerprint density at radius 1 is 1.09 bits per heavy atom. The fraction of sp³-hybridized carbons (Fsp3) is 0.739. The number of hydrogen-bond acceptors (Lipinski definition) is 8. The van der Waals surface area contributed by atoms with Crippen LogP contribution in [0, 0.1) is 11.8 Å². The van der Waals surface area contributed by atoms with Gasteiger partial charge in [0, 0.05) is 13.1 Å². The summed E-state index contributed by atoms with van der Waals surface area (Å²) in [6.45, 7) is 13.3. The lowest BCUT2D eigenvalue weighted by atomic mass is 9.98. The molecule has 2 rings (SSSR count). The van der Waals surface area contributed by atoms with Gasteiger partial charge in [-0.05, 0) is 31.6 Å². The van der Waals surface area contributed by atoms with Crippen molar-refractivity contribution < 1.29 is 28.3 Å². The summed E-state index contributed by atoms with van der Waals surface area (Å²) in [4.78, 5) is 64.0. The quantitative estimate of drug-likeness (QED) is 0.488. The fourth-order valence-corrected chi connectivity index (χ4v) is 3.70. The van der Waals surface area contributed by atoms with E-state index in [-0.39, 0.29) is 24.3 Å². The summed E-state index contributed by atoms with van der Waals surface area (Å²) in [5.41, 5.74) is 0. The molecule has 1 aromatic heterocycles. The van der Waals surface area contributed by atoms with Crippen molar-refractivity contribution in [2.75, 3.05) is 13.7 Å². The van der Waals surface area contributed by atoms with Gasteiger partial charge < -0.3 is 24.7 Å². The molecule has 3 atom stereocenters. The van der Waals surface area contributed by atoms with Crippen molar-refractivity contribution in [3.63, 3.8) is 0 Å². The number of rotatable bonds is 9. The van der Waals surface area contributed by atoms with E-state index in [0.29, 0.717) is 19.4 Å². The number of Topliss-reactive ketones (excluding diaryl/α,β-unsaturated/α-hetero) is 1. The fourth-order valence-electron chi connectivity index (χ4n) is 3.70. The third kappa shape index (κ3) is 7.40. The van der Waals surface area contributed by atoms with Crippen molar-refractivity contribution in [3.8, 4) is 0 Å². The second-order valence-corrected chi connectivity index (χ2v) is 8.63. The number of aryl methyl sites for hydroxylation is 1. The number of likely N-dealkylation sites (tertiary alicyclic amines) is 1. The van der Waals surface area contributed by atoms with Crippen molar-refractivity contribution in [3.05, 3.63) is 16.4 Å². The van der Waals surface area contributed by atoms with Crippen LogP contribution >= 0.6 is 0 Å². The molecule has 0 aromatic carbocycles. The van der Waals surface area contributed by atoms with Crippen LogP contribution in [0.3, 0.4) is 0 Å². The zero-order valence-corrected chi connectivity index (χ0v) is 21.9. The molecular weight excluding hydrogens is 458 g/mol. The van der Waals surface area contributed by atoms with Gasteiger partial charge in [0.05, 0.1) is 13.2 Å². The van der Waals surface area contributed by atoms with Crippen LogP contribution in [-0.2, 0) is 20.9 Å². The number of nitrogens with zero attached hydrogens (tertiary/aromatic N) is 3. The maximum absolute atomic E-state index is 13.1. The Hall–Kier alpha value is -3.18. The lowest BCUT2D eigenvalue weighted by Crippen LogP contribution is -2.57. The van der Waals surface area contributed by atoms with Gasteiger partial charge in [-0.15, -0.1) is 5.10 Å². The normalized spacial score (nSPS) is 16.9. The number of carbonyl (C=O) groups excluding carboxylic acids is 4. The molecule has 2 heterocycles. The summed E-state index contributed by atoms with van der Waals surface area (Å²) >= 11 is 0. The Bertz CT molecular complexity index is 937. The number of ether oxygens (including phenoxy) is 1. The Morgan fingerprint density at radius 3 is 2.17 bits per heavy atom. The maximum atomic E-state index is 13.1. The molecule has 0 unspecified atom stereocenters. The van der Waals surface area contributed by atoms with Crippen LogP contribution in [0.4, 0.5) is 4.79 Å². The highest BCUT2D eigenvalue weighted by Crippen LogP contribution is 2.21. The summed E-state index contributed by atoms with van der Waals surface area (Å²) in [5, 5.41) is 9.10. The molecule has 3 amide bonds. The number of ketones is 1. The van der Waals surface area contributed by atoms with E-state index < -0.39 is 47.6 Å². The highest BCUT2D eigenvalue weighted by Gasteiger charge is 2.40. The topological polar surface area (TPSA) is 153 Å². The van der Waals surface area contributed by atoms with Gasteiger partial charge in [0.15, 0.2) is 0 Å². The second-order valence-electron chi connectivity index (χ2n) is 8.63. The highest BCUT2D eigenvalue weighted by atomic mass is 16.5. The van der Waals surface area contributed by atoms with Gasteiger partial charge in [-0.25, -0.2) is 9.59 Å². The van der Waals surface area contributed by atoms with Crippen LogP contribution in [0.25, 0.3) is 0 Å². The van der Waals surface area contributed by atoms with E-state index in [2.05, 4.69) is 20.5 Å². The van der Waals surface area contributed by atoms with Gasteiger partial charge in [-0.2, -0.15) is 4.68 Å². The van der Waals surface area contributed by atoms with E-state index in [9.17, 15) is 24.0 Å². The zero-order valence-electron chi connectivity index (χ0n) is 21.9. The molecular formula is C23H39N5O7. The number of alkyl carbamates (subject to hydrolysis) is 1. The number of aromatic nitrogens is 2. The highest BCUT2D eigenvalue weighted by molar-refractivity contribution is 6.00. The largest absolute Gasteiger partial charge is 0.453 e. The summed E-state index contributed by atoms with van der Waals surface area (Å²) in [6.07, 6.45) is 0.281. The third-order valence-electron chi connectivity index (χ3n) is 5.59. The zero-order chi connectivity index (χ0) is 26.9. The number of amides is 3. The van der Waals surface area contributed by atoms with E-state index in [0.717, 1.165) is 4.68 Å². The Labute approximate surface area is 205 Å². The van der Waals surface area contributed by atoms with Gasteiger partial charge in [0.1, 0.15) is 12.1 Å². The molecule has 0 bridgehead atoms. The first-order chi connectivity index (χ1) is 16.5. The van der Waals surface area contributed by atoms with E-state index >= 15 is 0 Å². The smallest absolute Gasteiger partial charge is 0.437 e. The second kappa shape index (κ2) is 13.6. The summed E-state index contributed by atoms with van der Waals surface area (Å²) in [6, 6.07) is -2.65. The first-order valence-electron chi connectivity index (χ1n) is 12.1. The lowest BCUT2D eigenvalue weighted by Gasteiger charge is -2.31. The Morgan fingerprint density at radius 2 is 1.69 bits per heavy atom. The third-order valence-corrected chi connectivity index (χ3v) is 5.59. The first kappa shape index (κ1) is 29.9. The van der Waals surface area contributed by atoms with Gasteiger partial charge in [-0.3, -0.25) is 14.4 Å². The van der Waals surface area contributed by atoms with Crippen molar-refractivity contribution in [2.24, 2.45) is 11.8 Å². The standard InChI is InChI=1S/C21H33N5O7.C2H6/c1-7-26-21(31)33-18(24-26)16(27)14(11(2)3)22-17(28)13-9-8-10-25(13)19(29)15(12(4)5)23-20(30)32-6;1-2/h11-15H,7-10H2,1-6H3,(H,22,28)(H,23,30);1-2H3/t13-,14-,15-;/m0./s1. The summed E-state index contributed by atoms with van der Waals surface area (Å²) in [5.74, 6) is -3.19. The molecule has 0 saturated carbocycles. The average molecular weight is 498 g/mol. The molecule has 1 aliphatic rings. The van der Waals surface area contributed by atoms with Crippen LogP contribution in [-0.4, -0.2) is 70.2 Å². The van der Waals surface area contributed by atoms with Crippen molar-refractivity contribution in [1.82, 2.24) is 25.3 Å². The van der Waals surface area contributed by atoms with E-state index in [1.165, 1.54) is 12.0 Å². The summed E-state index contributed by atoms with van der Waals surface area (Å²) < 4.78 is 10.6. The molecule has 12 nitrogen and oxygen atoms in total. The number of methoxy groups -OCH3 is 1. The molecule has 198 valence electrons. The van der Waals surface area contributed by atoms with Gasteiger partial charge in [-0.1, -0.05) is 41.5 Å². The molecule has 1 aromatic rings. The molecule has 1 aliphatic heterocycles. The van der Waals surface area contributed by atoms with Crippen molar-refractivity contribution in [1.29, 1.82) is 0 Å². The molecule has 1 saturated heterocycles. The minimum Gasteiger partial charge on any atom is -0.453 e. The molecule has 0 aliphatic carbocycles. The predicted octanol–water partition coefficient (Wildman–Crippen LogP) is 1.58. The molecule has 1 fully saturated rings. The molecule has 2 N–H and O–H groups in total. The first-order valence-corrected chi connectivity index (χ1v) is 12.1. The average Bonchev–Trinajstić information content (AvgIpc) is 3.47. The Balaban J connectivity index is 0.00000298. The number of nitrogens with one attached hydrogen (secondary N) is 2. The predicted molar refractivity (Wildman–Crippen MR) is 128 cm³/mol. The Kier molecular flexibility index (Phi) is 11.6. The summed E-state index contributed by atoms with van der Waals surface area (Å²) in [7, 11) is 1.21. The number of carbonyl (C=O) groups is 4. The lowest BCUT2D eigenvalue weighted by molar-refractivity contribution is -0.141. The SMILES string of the molecule is CC.CCn1nc(C(=O)[C@@H](NC(=O)[C@@H]2CCCN2C(=O)[C@@H](NC(=O)OC)C(C)C)C(C)C)oc1=O. The monoisotopic (exact) mass is 497 g/mol. The number of hydrogen-bond donors (Lipinski definition) is 2. The van der Waals surface area contributed by atoms with Gasteiger partial charge >= 0.3 is 11.8 Å². The minimum atomic E-state index is -0.993. The van der Waals surface area contributed by atoms with Crippen LogP contribution in [0.15, 0.2) is 9.21 Å². The van der Waals surface area contributed by atoms with Gasteiger partial charge in [0.25, 0.3) is 5.89 Å². The molecule has 0 spiro atoms. The van der Waals surface area contributed by atoms with E-state index in [1.54, 1.807) is 34.6 Å². The van der Waals surface area contributed by atoms with Crippen LogP contribution in [0.1, 0.15) is 72.0 Å². The van der Waals surface area contributed by atoms with E-state index in [1.807, 2.05) is 13.8 Å². The van der Waals surface area contributed by atoms with Crippen molar-refractivity contribution in [2.45, 2.75) is 86.0 Å². The molecule has 35 heavy (non-hydrogen) atoms. The van der Waals surface area contributed by atoms with Gasteiger partial charge in [0.2, 0.25) is 17.6 Å².